The molecule has 1 aliphatic rings. The van der Waals surface area contributed by atoms with Crippen LogP contribution in [0, 0.1) is 0 Å². The smallest absolute Gasteiger partial charge is 0.127 e. The van der Waals surface area contributed by atoms with Crippen molar-refractivity contribution >= 4 is 5.82 Å². The molecule has 2 rings (SSSR count). The van der Waals surface area contributed by atoms with Crippen molar-refractivity contribution in [3.05, 3.63) is 11.3 Å². The normalized spacial score (nSPS) is 15.1. The summed E-state index contributed by atoms with van der Waals surface area (Å²) in [6.07, 6.45) is 3.62. The molecule has 1 heterocycles. The fourth-order valence-electron chi connectivity index (χ4n) is 2.05. The number of fused-ring (bicyclic) bond motifs is 1. The van der Waals surface area contributed by atoms with Crippen molar-refractivity contribution < 1.29 is 0 Å². The number of aromatic nitrogens is 2. The van der Waals surface area contributed by atoms with Gasteiger partial charge in [0.2, 0.25) is 0 Å². The minimum absolute atomic E-state index is 0.452. The van der Waals surface area contributed by atoms with Gasteiger partial charge in [0.25, 0.3) is 0 Å². The average molecular weight is 179 g/mol. The minimum Gasteiger partial charge on any atom is -0.373 e. The van der Waals surface area contributed by atoms with E-state index in [1.807, 2.05) is 7.05 Å². The van der Waals surface area contributed by atoms with Crippen LogP contribution in [0.5, 0.6) is 0 Å². The van der Waals surface area contributed by atoms with E-state index in [1.165, 1.54) is 29.9 Å². The van der Waals surface area contributed by atoms with Crippen molar-refractivity contribution in [1.82, 2.24) is 9.78 Å². The highest BCUT2D eigenvalue weighted by molar-refractivity contribution is 5.49. The number of hydrogen-bond donors (Lipinski definition) is 1. The third-order valence-corrected chi connectivity index (χ3v) is 2.66. The molecule has 1 aromatic heterocycles. The molecule has 0 radical (unpaired) electrons. The maximum Gasteiger partial charge on any atom is 0.127 e. The van der Waals surface area contributed by atoms with E-state index in [4.69, 9.17) is 0 Å². The number of rotatable bonds is 2. The van der Waals surface area contributed by atoms with Crippen LogP contribution in [0.4, 0.5) is 5.82 Å². The van der Waals surface area contributed by atoms with Gasteiger partial charge in [-0.3, -0.25) is 0 Å². The van der Waals surface area contributed by atoms with Gasteiger partial charge in [-0.15, -0.1) is 0 Å². The fourth-order valence-corrected chi connectivity index (χ4v) is 2.05. The summed E-state index contributed by atoms with van der Waals surface area (Å²) in [5.41, 5.74) is 2.74. The van der Waals surface area contributed by atoms with Gasteiger partial charge < -0.3 is 5.32 Å². The molecule has 0 atom stereocenters. The molecule has 0 aromatic carbocycles. The van der Waals surface area contributed by atoms with E-state index >= 15 is 0 Å². The topological polar surface area (TPSA) is 29.9 Å². The monoisotopic (exact) mass is 179 g/mol. The Kier molecular flexibility index (Phi) is 2.02. The highest BCUT2D eigenvalue weighted by atomic mass is 15.3. The number of aryl methyl sites for hydroxylation is 1. The van der Waals surface area contributed by atoms with Crippen molar-refractivity contribution in [3.63, 3.8) is 0 Å². The van der Waals surface area contributed by atoms with Crippen LogP contribution >= 0.6 is 0 Å². The van der Waals surface area contributed by atoms with Crippen LogP contribution < -0.4 is 5.32 Å². The first-order valence-corrected chi connectivity index (χ1v) is 5.02. The Bertz CT molecular complexity index is 312. The molecule has 0 spiro atoms. The highest BCUT2D eigenvalue weighted by Crippen LogP contribution is 2.30. The molecule has 0 unspecified atom stereocenters. The number of nitrogens with one attached hydrogen (secondary N) is 1. The standard InChI is InChI=1S/C10H17N3/c1-7(2)13-10(11-3)8-5-4-6-9(8)12-13/h7,11H,4-6H2,1-3H3. The van der Waals surface area contributed by atoms with Crippen molar-refractivity contribution in [2.45, 2.75) is 39.2 Å². The van der Waals surface area contributed by atoms with E-state index in [9.17, 15) is 0 Å². The molecule has 0 fully saturated rings. The quantitative estimate of drug-likeness (QED) is 0.752. The number of anilines is 1. The highest BCUT2D eigenvalue weighted by Gasteiger charge is 2.21. The van der Waals surface area contributed by atoms with E-state index in [0.717, 1.165) is 6.42 Å². The summed E-state index contributed by atoms with van der Waals surface area (Å²) in [5.74, 6) is 1.22. The average Bonchev–Trinajstić information content (AvgIpc) is 2.60. The zero-order valence-corrected chi connectivity index (χ0v) is 8.59. The van der Waals surface area contributed by atoms with Gasteiger partial charge in [-0.05, 0) is 33.1 Å². The summed E-state index contributed by atoms with van der Waals surface area (Å²) in [6, 6.07) is 0.452. The van der Waals surface area contributed by atoms with Crippen molar-refractivity contribution in [2.24, 2.45) is 0 Å². The van der Waals surface area contributed by atoms with Gasteiger partial charge in [0.1, 0.15) is 5.82 Å². The molecule has 0 saturated heterocycles. The number of nitrogens with zero attached hydrogens (tertiary/aromatic N) is 2. The molecule has 0 aliphatic heterocycles. The largest absolute Gasteiger partial charge is 0.373 e. The molecule has 0 amide bonds. The van der Waals surface area contributed by atoms with Crippen LogP contribution in [0.25, 0.3) is 0 Å². The number of hydrogen-bond acceptors (Lipinski definition) is 2. The molecule has 0 saturated carbocycles. The molecule has 1 aliphatic carbocycles. The van der Waals surface area contributed by atoms with Crippen molar-refractivity contribution in [1.29, 1.82) is 0 Å². The Morgan fingerprint density at radius 1 is 1.38 bits per heavy atom. The zero-order valence-electron chi connectivity index (χ0n) is 8.59. The zero-order chi connectivity index (χ0) is 9.42. The third kappa shape index (κ3) is 1.23. The lowest BCUT2D eigenvalue weighted by molar-refractivity contribution is 0.530. The second kappa shape index (κ2) is 3.05. The van der Waals surface area contributed by atoms with Crippen LogP contribution in [0.15, 0.2) is 0 Å². The van der Waals surface area contributed by atoms with Crippen LogP contribution in [0.1, 0.15) is 37.6 Å². The van der Waals surface area contributed by atoms with E-state index < -0.39 is 0 Å². The van der Waals surface area contributed by atoms with E-state index in [-0.39, 0.29) is 0 Å². The van der Waals surface area contributed by atoms with Crippen LogP contribution in [0.2, 0.25) is 0 Å². The maximum atomic E-state index is 4.62. The summed E-state index contributed by atoms with van der Waals surface area (Å²) < 4.78 is 2.10. The lowest BCUT2D eigenvalue weighted by Gasteiger charge is -2.11. The van der Waals surface area contributed by atoms with Gasteiger partial charge in [-0.1, -0.05) is 0 Å². The Morgan fingerprint density at radius 3 is 2.77 bits per heavy atom. The molecular formula is C10H17N3. The Hall–Kier alpha value is -0.990. The van der Waals surface area contributed by atoms with Crippen LogP contribution in [0.3, 0.4) is 0 Å². The van der Waals surface area contributed by atoms with Gasteiger partial charge in [0, 0.05) is 18.7 Å². The van der Waals surface area contributed by atoms with Gasteiger partial charge in [0.05, 0.1) is 5.69 Å². The Balaban J connectivity index is 2.47. The first-order chi connectivity index (χ1) is 6.24. The molecule has 3 nitrogen and oxygen atoms in total. The molecule has 3 heteroatoms. The molecular weight excluding hydrogens is 162 g/mol. The first-order valence-electron chi connectivity index (χ1n) is 5.02. The Labute approximate surface area is 79.1 Å². The van der Waals surface area contributed by atoms with Crippen LogP contribution in [-0.2, 0) is 12.8 Å². The van der Waals surface area contributed by atoms with Crippen molar-refractivity contribution in [3.8, 4) is 0 Å². The Morgan fingerprint density at radius 2 is 2.15 bits per heavy atom. The van der Waals surface area contributed by atoms with Gasteiger partial charge >= 0.3 is 0 Å². The van der Waals surface area contributed by atoms with Gasteiger partial charge in [0.15, 0.2) is 0 Å². The summed E-state index contributed by atoms with van der Waals surface area (Å²) in [7, 11) is 1.98. The molecule has 13 heavy (non-hydrogen) atoms. The second-order valence-electron chi connectivity index (χ2n) is 3.92. The van der Waals surface area contributed by atoms with Crippen LogP contribution in [-0.4, -0.2) is 16.8 Å². The lowest BCUT2D eigenvalue weighted by Crippen LogP contribution is -2.08. The summed E-state index contributed by atoms with van der Waals surface area (Å²) in [6.45, 7) is 4.34. The van der Waals surface area contributed by atoms with Gasteiger partial charge in [-0.2, -0.15) is 5.10 Å². The van der Waals surface area contributed by atoms with E-state index in [2.05, 4.69) is 28.9 Å². The first kappa shape index (κ1) is 8.60. The summed E-state index contributed by atoms with van der Waals surface area (Å²) in [4.78, 5) is 0. The summed E-state index contributed by atoms with van der Waals surface area (Å²) >= 11 is 0. The van der Waals surface area contributed by atoms with E-state index in [0.29, 0.717) is 6.04 Å². The molecule has 0 bridgehead atoms. The molecule has 1 N–H and O–H groups in total. The fraction of sp³-hybridized carbons (Fsp3) is 0.700. The minimum atomic E-state index is 0.452. The SMILES string of the molecule is CNc1c2c(nn1C(C)C)CCC2. The molecule has 1 aromatic rings. The van der Waals surface area contributed by atoms with E-state index in [1.54, 1.807) is 0 Å². The predicted molar refractivity (Wildman–Crippen MR) is 54.2 cm³/mol. The van der Waals surface area contributed by atoms with Gasteiger partial charge in [-0.25, -0.2) is 4.68 Å². The second-order valence-corrected chi connectivity index (χ2v) is 3.92. The maximum absolute atomic E-state index is 4.62. The van der Waals surface area contributed by atoms with Crippen molar-refractivity contribution in [2.75, 3.05) is 12.4 Å². The molecule has 72 valence electrons. The predicted octanol–water partition coefficient (Wildman–Crippen LogP) is 1.99. The third-order valence-electron chi connectivity index (χ3n) is 2.66. The lowest BCUT2D eigenvalue weighted by atomic mass is 10.2. The summed E-state index contributed by atoms with van der Waals surface area (Å²) in [5, 5.41) is 7.87.